The normalized spacial score (nSPS) is 20.4. The monoisotopic (exact) mass is 346 g/mol. The van der Waals surface area contributed by atoms with Gasteiger partial charge in [-0.3, -0.25) is 4.90 Å². The van der Waals surface area contributed by atoms with Crippen LogP contribution < -0.4 is 10.5 Å². The molecule has 1 heterocycles. The van der Waals surface area contributed by atoms with Crippen LogP contribution in [0.3, 0.4) is 0 Å². The SMILES string of the molecule is CC(C)N1CCOC(COc2c(N)cc(F)cc2Br)C1. The van der Waals surface area contributed by atoms with E-state index in [9.17, 15) is 4.39 Å². The first kappa shape index (κ1) is 15.5. The highest BCUT2D eigenvalue weighted by atomic mass is 79.9. The second kappa shape index (κ2) is 6.74. The summed E-state index contributed by atoms with van der Waals surface area (Å²) in [5, 5.41) is 0. The number of anilines is 1. The van der Waals surface area contributed by atoms with Crippen LogP contribution >= 0.6 is 15.9 Å². The molecule has 0 aromatic heterocycles. The molecule has 0 aliphatic carbocycles. The Kier molecular flexibility index (Phi) is 5.23. The van der Waals surface area contributed by atoms with Crippen molar-refractivity contribution in [1.29, 1.82) is 0 Å². The minimum atomic E-state index is -0.387. The second-order valence-electron chi connectivity index (χ2n) is 5.20. The van der Waals surface area contributed by atoms with Crippen LogP contribution in [0.2, 0.25) is 0 Å². The Morgan fingerprint density at radius 1 is 1.55 bits per heavy atom. The van der Waals surface area contributed by atoms with Crippen LogP contribution in [0.4, 0.5) is 10.1 Å². The maximum Gasteiger partial charge on any atom is 0.156 e. The topological polar surface area (TPSA) is 47.7 Å². The van der Waals surface area contributed by atoms with E-state index < -0.39 is 0 Å². The van der Waals surface area contributed by atoms with E-state index in [1.165, 1.54) is 12.1 Å². The van der Waals surface area contributed by atoms with Crippen LogP contribution in [-0.4, -0.2) is 43.3 Å². The molecule has 1 atom stereocenters. The van der Waals surface area contributed by atoms with Crippen LogP contribution in [0.5, 0.6) is 5.75 Å². The minimum Gasteiger partial charge on any atom is -0.487 e. The Bertz CT molecular complexity index is 447. The van der Waals surface area contributed by atoms with Crippen molar-refractivity contribution in [3.63, 3.8) is 0 Å². The summed E-state index contributed by atoms with van der Waals surface area (Å²) in [4.78, 5) is 2.35. The molecule has 20 heavy (non-hydrogen) atoms. The number of nitrogen functional groups attached to an aromatic ring is 1. The Morgan fingerprint density at radius 3 is 2.95 bits per heavy atom. The standard InChI is InChI=1S/C14H20BrFN2O2/c1-9(2)18-3-4-19-11(7-18)8-20-14-12(15)5-10(16)6-13(14)17/h5-6,9,11H,3-4,7-8,17H2,1-2H3. The lowest BCUT2D eigenvalue weighted by Gasteiger charge is -2.35. The van der Waals surface area contributed by atoms with Crippen molar-refractivity contribution in [1.82, 2.24) is 4.90 Å². The fourth-order valence-electron chi connectivity index (χ4n) is 2.22. The third kappa shape index (κ3) is 3.84. The van der Waals surface area contributed by atoms with Gasteiger partial charge in [0.2, 0.25) is 0 Å². The lowest BCUT2D eigenvalue weighted by Crippen LogP contribution is -2.47. The van der Waals surface area contributed by atoms with Crippen LogP contribution in [-0.2, 0) is 4.74 Å². The summed E-state index contributed by atoms with van der Waals surface area (Å²) in [5.41, 5.74) is 6.05. The van der Waals surface area contributed by atoms with Gasteiger partial charge in [-0.25, -0.2) is 4.39 Å². The summed E-state index contributed by atoms with van der Waals surface area (Å²) in [7, 11) is 0. The molecule has 0 spiro atoms. The third-order valence-corrected chi connectivity index (χ3v) is 3.94. The molecule has 0 bridgehead atoms. The van der Waals surface area contributed by atoms with Gasteiger partial charge in [-0.1, -0.05) is 0 Å². The largest absolute Gasteiger partial charge is 0.487 e. The summed E-state index contributed by atoms with van der Waals surface area (Å²) >= 11 is 3.26. The van der Waals surface area contributed by atoms with Gasteiger partial charge < -0.3 is 15.2 Å². The van der Waals surface area contributed by atoms with E-state index in [0.717, 1.165) is 13.1 Å². The highest BCUT2D eigenvalue weighted by Gasteiger charge is 2.23. The third-order valence-electron chi connectivity index (χ3n) is 3.35. The van der Waals surface area contributed by atoms with Crippen molar-refractivity contribution >= 4 is 21.6 Å². The molecule has 6 heteroatoms. The average molecular weight is 347 g/mol. The molecule has 1 aliphatic heterocycles. The van der Waals surface area contributed by atoms with E-state index in [0.29, 0.717) is 29.5 Å². The first-order valence-electron chi connectivity index (χ1n) is 6.70. The summed E-state index contributed by atoms with van der Waals surface area (Å²) < 4.78 is 25.1. The van der Waals surface area contributed by atoms with Gasteiger partial charge in [0.1, 0.15) is 18.5 Å². The Morgan fingerprint density at radius 2 is 2.30 bits per heavy atom. The highest BCUT2D eigenvalue weighted by molar-refractivity contribution is 9.10. The Balaban J connectivity index is 1.95. The first-order chi connectivity index (χ1) is 9.47. The maximum atomic E-state index is 13.1. The Hall–Kier alpha value is -0.850. The molecule has 0 amide bonds. The van der Waals surface area contributed by atoms with E-state index in [-0.39, 0.29) is 17.6 Å². The maximum absolute atomic E-state index is 13.1. The first-order valence-corrected chi connectivity index (χ1v) is 7.49. The zero-order valence-electron chi connectivity index (χ0n) is 11.7. The zero-order chi connectivity index (χ0) is 14.7. The Labute approximate surface area is 127 Å². The number of halogens is 2. The molecular formula is C14H20BrFN2O2. The van der Waals surface area contributed by atoms with Crippen molar-refractivity contribution < 1.29 is 13.9 Å². The molecule has 1 unspecified atom stereocenters. The van der Waals surface area contributed by atoms with E-state index in [1.54, 1.807) is 0 Å². The number of benzene rings is 1. The number of hydrogen-bond acceptors (Lipinski definition) is 4. The van der Waals surface area contributed by atoms with Gasteiger partial charge in [-0.15, -0.1) is 0 Å². The van der Waals surface area contributed by atoms with Gasteiger partial charge in [-0.2, -0.15) is 0 Å². The predicted molar refractivity (Wildman–Crippen MR) is 80.5 cm³/mol. The van der Waals surface area contributed by atoms with Gasteiger partial charge in [0.25, 0.3) is 0 Å². The van der Waals surface area contributed by atoms with E-state index in [1.807, 2.05) is 0 Å². The van der Waals surface area contributed by atoms with E-state index in [2.05, 4.69) is 34.7 Å². The second-order valence-corrected chi connectivity index (χ2v) is 6.05. The molecule has 1 aromatic rings. The van der Waals surface area contributed by atoms with Gasteiger partial charge in [-0.05, 0) is 35.8 Å². The molecule has 1 fully saturated rings. The number of nitrogens with zero attached hydrogens (tertiary/aromatic N) is 1. The highest BCUT2D eigenvalue weighted by Crippen LogP contribution is 2.32. The van der Waals surface area contributed by atoms with Crippen molar-refractivity contribution in [2.75, 3.05) is 32.0 Å². The quantitative estimate of drug-likeness (QED) is 0.851. The molecule has 1 saturated heterocycles. The molecule has 112 valence electrons. The van der Waals surface area contributed by atoms with Crippen molar-refractivity contribution in [2.24, 2.45) is 0 Å². The number of morpholine rings is 1. The molecule has 1 aromatic carbocycles. The van der Waals surface area contributed by atoms with Crippen LogP contribution in [0.1, 0.15) is 13.8 Å². The van der Waals surface area contributed by atoms with Crippen molar-refractivity contribution in [2.45, 2.75) is 26.0 Å². The van der Waals surface area contributed by atoms with E-state index in [4.69, 9.17) is 15.2 Å². The molecule has 1 aliphatic rings. The lowest BCUT2D eigenvalue weighted by molar-refractivity contribution is -0.0564. The van der Waals surface area contributed by atoms with Crippen LogP contribution in [0, 0.1) is 5.82 Å². The molecule has 0 radical (unpaired) electrons. The molecule has 4 nitrogen and oxygen atoms in total. The fourth-order valence-corrected chi connectivity index (χ4v) is 2.78. The van der Waals surface area contributed by atoms with Gasteiger partial charge >= 0.3 is 0 Å². The smallest absolute Gasteiger partial charge is 0.156 e. The summed E-state index contributed by atoms with van der Waals surface area (Å²) in [6.07, 6.45) is 0.00232. The van der Waals surface area contributed by atoms with Gasteiger partial charge in [0.15, 0.2) is 5.75 Å². The number of hydrogen-bond donors (Lipinski definition) is 1. The van der Waals surface area contributed by atoms with Gasteiger partial charge in [0, 0.05) is 25.2 Å². The van der Waals surface area contributed by atoms with Crippen molar-refractivity contribution in [3.05, 3.63) is 22.4 Å². The molecule has 0 saturated carbocycles. The van der Waals surface area contributed by atoms with Crippen molar-refractivity contribution in [3.8, 4) is 5.75 Å². The summed E-state index contributed by atoms with van der Waals surface area (Å²) in [6, 6.07) is 3.08. The molecule has 2 rings (SSSR count). The predicted octanol–water partition coefficient (Wildman–Crippen LogP) is 2.66. The summed E-state index contributed by atoms with van der Waals surface area (Å²) in [6.45, 7) is 7.20. The van der Waals surface area contributed by atoms with Gasteiger partial charge in [0.05, 0.1) is 16.8 Å². The van der Waals surface area contributed by atoms with E-state index >= 15 is 0 Å². The number of rotatable bonds is 4. The number of nitrogens with two attached hydrogens (primary N) is 1. The molecular weight excluding hydrogens is 327 g/mol. The lowest BCUT2D eigenvalue weighted by atomic mass is 10.2. The number of ether oxygens (including phenoxy) is 2. The van der Waals surface area contributed by atoms with Crippen LogP contribution in [0.25, 0.3) is 0 Å². The fraction of sp³-hybridized carbons (Fsp3) is 0.571. The minimum absolute atomic E-state index is 0.00232. The average Bonchev–Trinajstić information content (AvgIpc) is 2.37. The molecule has 2 N–H and O–H groups in total. The summed E-state index contributed by atoms with van der Waals surface area (Å²) in [5.74, 6) is 0.0818. The van der Waals surface area contributed by atoms with Crippen LogP contribution in [0.15, 0.2) is 16.6 Å². The zero-order valence-corrected chi connectivity index (χ0v) is 13.3.